The number of para-hydroxylation sites is 2. The van der Waals surface area contributed by atoms with Crippen molar-refractivity contribution in [3.05, 3.63) is 40.3 Å². The third kappa shape index (κ3) is 5.97. The van der Waals surface area contributed by atoms with Crippen LogP contribution in [0.25, 0.3) is 0 Å². The Hall–Kier alpha value is -1.55. The molecule has 8 heteroatoms. The van der Waals surface area contributed by atoms with E-state index >= 15 is 0 Å². The Morgan fingerprint density at radius 2 is 2.18 bits per heavy atom. The summed E-state index contributed by atoms with van der Waals surface area (Å²) in [5.41, 5.74) is 2.19. The normalized spacial score (nSPS) is 16.6. The molecule has 0 saturated carbocycles. The first-order valence-corrected chi connectivity index (χ1v) is 10.5. The van der Waals surface area contributed by atoms with Gasteiger partial charge in [-0.2, -0.15) is 0 Å². The minimum absolute atomic E-state index is 0. The number of nitrogens with zero attached hydrogens (tertiary/aromatic N) is 3. The number of halogens is 1. The molecule has 0 amide bonds. The third-order valence-electron chi connectivity index (χ3n) is 4.60. The molecule has 1 aromatic heterocycles. The van der Waals surface area contributed by atoms with Crippen molar-refractivity contribution in [2.24, 2.45) is 4.99 Å². The number of rotatable bonds is 7. The molecule has 2 aromatic rings. The van der Waals surface area contributed by atoms with Crippen LogP contribution in [0.1, 0.15) is 31.0 Å². The molecule has 1 unspecified atom stereocenters. The molecule has 1 aliphatic heterocycles. The molecule has 1 atom stereocenters. The van der Waals surface area contributed by atoms with Crippen molar-refractivity contribution in [1.29, 1.82) is 0 Å². The number of methoxy groups -OCH3 is 1. The SMILES string of the molecule is CCNC(=NCc1csc(CC)n1)NC1CCN(c2ccccc2OC)C1.I. The zero-order chi connectivity index (χ0) is 19.1. The van der Waals surface area contributed by atoms with Crippen LogP contribution < -0.4 is 20.3 Å². The highest BCUT2D eigenvalue weighted by molar-refractivity contribution is 14.0. The average Bonchev–Trinajstić information content (AvgIpc) is 3.35. The van der Waals surface area contributed by atoms with E-state index in [1.54, 1.807) is 18.4 Å². The summed E-state index contributed by atoms with van der Waals surface area (Å²) in [5.74, 6) is 1.78. The number of aromatic nitrogens is 1. The third-order valence-corrected chi connectivity index (χ3v) is 5.64. The fourth-order valence-electron chi connectivity index (χ4n) is 3.25. The van der Waals surface area contributed by atoms with Gasteiger partial charge in [0.1, 0.15) is 5.75 Å². The van der Waals surface area contributed by atoms with Gasteiger partial charge in [-0.3, -0.25) is 0 Å². The van der Waals surface area contributed by atoms with Crippen LogP contribution in [0, 0.1) is 0 Å². The first kappa shape index (κ1) is 22.7. The Bertz CT molecular complexity index is 767. The number of hydrogen-bond donors (Lipinski definition) is 2. The van der Waals surface area contributed by atoms with Crippen molar-refractivity contribution in [1.82, 2.24) is 15.6 Å². The van der Waals surface area contributed by atoms with E-state index in [1.807, 2.05) is 12.1 Å². The standard InChI is InChI=1S/C20H29N5OS.HI/c1-4-19-23-16(14-27-19)12-22-20(21-5-2)24-15-10-11-25(13-15)17-8-6-7-9-18(17)26-3;/h6-9,14-15H,4-5,10-13H2,1-3H3,(H2,21,22,24);1H. The zero-order valence-corrected chi connectivity index (χ0v) is 19.9. The second-order valence-electron chi connectivity index (χ2n) is 6.53. The molecule has 1 saturated heterocycles. The lowest BCUT2D eigenvalue weighted by atomic mass is 10.2. The van der Waals surface area contributed by atoms with Gasteiger partial charge in [0.15, 0.2) is 5.96 Å². The van der Waals surface area contributed by atoms with Gasteiger partial charge >= 0.3 is 0 Å². The summed E-state index contributed by atoms with van der Waals surface area (Å²) in [6, 6.07) is 8.55. The number of guanidine groups is 1. The molecule has 1 aliphatic rings. The summed E-state index contributed by atoms with van der Waals surface area (Å²) in [5, 5.41) is 10.2. The van der Waals surface area contributed by atoms with Gasteiger partial charge in [0, 0.05) is 31.1 Å². The summed E-state index contributed by atoms with van der Waals surface area (Å²) >= 11 is 1.71. The Morgan fingerprint density at radius 1 is 1.36 bits per heavy atom. The van der Waals surface area contributed by atoms with E-state index in [4.69, 9.17) is 9.73 Å². The number of ether oxygens (including phenoxy) is 1. The van der Waals surface area contributed by atoms with Crippen molar-refractivity contribution in [2.45, 2.75) is 39.3 Å². The summed E-state index contributed by atoms with van der Waals surface area (Å²) in [7, 11) is 1.73. The van der Waals surface area contributed by atoms with E-state index < -0.39 is 0 Å². The second-order valence-corrected chi connectivity index (χ2v) is 7.47. The Morgan fingerprint density at radius 3 is 2.89 bits per heavy atom. The first-order chi connectivity index (χ1) is 13.2. The molecule has 0 aliphatic carbocycles. The minimum Gasteiger partial charge on any atom is -0.495 e. The van der Waals surface area contributed by atoms with Gasteiger partial charge in [-0.25, -0.2) is 9.98 Å². The Balaban J connectivity index is 0.00000280. The molecule has 28 heavy (non-hydrogen) atoms. The maximum atomic E-state index is 5.51. The fraction of sp³-hybridized carbons (Fsp3) is 0.500. The summed E-state index contributed by atoms with van der Waals surface area (Å²) < 4.78 is 5.51. The van der Waals surface area contributed by atoms with Crippen molar-refractivity contribution in [3.63, 3.8) is 0 Å². The molecule has 1 fully saturated rings. The van der Waals surface area contributed by atoms with Crippen LogP contribution in [0.15, 0.2) is 34.6 Å². The molecule has 0 radical (unpaired) electrons. The zero-order valence-electron chi connectivity index (χ0n) is 16.8. The van der Waals surface area contributed by atoms with Gasteiger partial charge in [0.05, 0.1) is 30.0 Å². The molecule has 2 N–H and O–H groups in total. The maximum Gasteiger partial charge on any atom is 0.191 e. The molecule has 1 aromatic carbocycles. The van der Waals surface area contributed by atoms with Crippen LogP contribution >= 0.6 is 35.3 Å². The quantitative estimate of drug-likeness (QED) is 0.335. The van der Waals surface area contributed by atoms with Gasteiger partial charge in [-0.05, 0) is 31.9 Å². The fourth-order valence-corrected chi connectivity index (χ4v) is 3.98. The summed E-state index contributed by atoms with van der Waals surface area (Å²) in [6.45, 7) is 7.60. The van der Waals surface area contributed by atoms with Crippen LogP contribution in [0.2, 0.25) is 0 Å². The topological polar surface area (TPSA) is 61.8 Å². The molecule has 2 heterocycles. The molecule has 0 spiro atoms. The number of aryl methyl sites for hydroxylation is 1. The predicted octanol–water partition coefficient (Wildman–Crippen LogP) is 3.67. The molecule has 154 valence electrons. The molecule has 3 rings (SSSR count). The number of hydrogen-bond acceptors (Lipinski definition) is 5. The van der Waals surface area contributed by atoms with E-state index in [0.717, 1.165) is 55.6 Å². The van der Waals surface area contributed by atoms with E-state index in [1.165, 1.54) is 5.01 Å². The van der Waals surface area contributed by atoms with Crippen LogP contribution in [0.3, 0.4) is 0 Å². The number of nitrogens with one attached hydrogen (secondary N) is 2. The van der Waals surface area contributed by atoms with Crippen LogP contribution in [0.5, 0.6) is 5.75 Å². The molecule has 0 bridgehead atoms. The maximum absolute atomic E-state index is 5.51. The monoisotopic (exact) mass is 515 g/mol. The van der Waals surface area contributed by atoms with Gasteiger partial charge in [0.2, 0.25) is 0 Å². The molecule has 6 nitrogen and oxygen atoms in total. The number of aliphatic imine (C=N–C) groups is 1. The van der Waals surface area contributed by atoms with Gasteiger partial charge in [-0.15, -0.1) is 35.3 Å². The first-order valence-electron chi connectivity index (χ1n) is 9.59. The minimum atomic E-state index is 0. The van der Waals surface area contributed by atoms with Crippen molar-refractivity contribution < 1.29 is 4.74 Å². The van der Waals surface area contributed by atoms with Crippen molar-refractivity contribution in [3.8, 4) is 5.75 Å². The van der Waals surface area contributed by atoms with E-state index in [0.29, 0.717) is 12.6 Å². The number of anilines is 1. The molecular formula is C20H30IN5OS. The highest BCUT2D eigenvalue weighted by atomic mass is 127. The number of benzene rings is 1. The van der Waals surface area contributed by atoms with Gasteiger partial charge < -0.3 is 20.3 Å². The van der Waals surface area contributed by atoms with Crippen LogP contribution in [0.4, 0.5) is 5.69 Å². The lowest BCUT2D eigenvalue weighted by Crippen LogP contribution is -2.44. The highest BCUT2D eigenvalue weighted by Crippen LogP contribution is 2.30. The molecular weight excluding hydrogens is 485 g/mol. The largest absolute Gasteiger partial charge is 0.495 e. The second kappa shape index (κ2) is 11.5. The van der Waals surface area contributed by atoms with Crippen molar-refractivity contribution in [2.75, 3.05) is 31.6 Å². The summed E-state index contributed by atoms with van der Waals surface area (Å²) in [4.78, 5) is 11.7. The predicted molar refractivity (Wildman–Crippen MR) is 128 cm³/mol. The highest BCUT2D eigenvalue weighted by Gasteiger charge is 2.25. The summed E-state index contributed by atoms with van der Waals surface area (Å²) in [6.07, 6.45) is 2.05. The smallest absolute Gasteiger partial charge is 0.191 e. The lowest BCUT2D eigenvalue weighted by Gasteiger charge is -2.22. The number of thiazole rings is 1. The average molecular weight is 515 g/mol. The van der Waals surface area contributed by atoms with Crippen molar-refractivity contribution >= 4 is 47.0 Å². The van der Waals surface area contributed by atoms with Crippen LogP contribution in [-0.4, -0.2) is 43.7 Å². The van der Waals surface area contributed by atoms with Crippen LogP contribution in [-0.2, 0) is 13.0 Å². The van der Waals surface area contributed by atoms with E-state index in [9.17, 15) is 0 Å². The van der Waals surface area contributed by atoms with Gasteiger partial charge in [0.25, 0.3) is 0 Å². The van der Waals surface area contributed by atoms with Gasteiger partial charge in [-0.1, -0.05) is 19.1 Å². The Kier molecular flexibility index (Phi) is 9.30. The van der Waals surface area contributed by atoms with E-state index in [2.05, 4.69) is 51.9 Å². The van der Waals surface area contributed by atoms with E-state index in [-0.39, 0.29) is 24.0 Å². The lowest BCUT2D eigenvalue weighted by molar-refractivity contribution is 0.415. The Labute approximate surface area is 188 Å².